The number of hydrogen-bond acceptors (Lipinski definition) is 4. The molecule has 1 amide bonds. The number of sulfone groups is 1. The van der Waals surface area contributed by atoms with Crippen molar-refractivity contribution in [1.29, 1.82) is 0 Å². The molecule has 0 aliphatic carbocycles. The average molecular weight is 361 g/mol. The summed E-state index contributed by atoms with van der Waals surface area (Å²) in [5.74, 6) is -1.19. The van der Waals surface area contributed by atoms with Gasteiger partial charge in [0.2, 0.25) is 0 Å². The highest BCUT2D eigenvalue weighted by molar-refractivity contribution is 7.92. The van der Waals surface area contributed by atoms with Crippen molar-refractivity contribution in [3.05, 3.63) is 34.6 Å². The van der Waals surface area contributed by atoms with Gasteiger partial charge in [0.15, 0.2) is 9.84 Å². The van der Waals surface area contributed by atoms with Gasteiger partial charge in [-0.25, -0.2) is 12.8 Å². The summed E-state index contributed by atoms with van der Waals surface area (Å²) in [6, 6.07) is 3.77. The topological polar surface area (TPSA) is 57.7 Å². The maximum absolute atomic E-state index is 13.9. The summed E-state index contributed by atoms with van der Waals surface area (Å²) in [6.45, 7) is 0.450. The minimum Gasteiger partial charge on any atom is -0.337 e. The van der Waals surface area contributed by atoms with Crippen LogP contribution in [0.15, 0.2) is 18.2 Å². The Morgan fingerprint density at radius 3 is 2.65 bits per heavy atom. The van der Waals surface area contributed by atoms with Crippen LogP contribution in [-0.2, 0) is 9.84 Å². The Labute approximate surface area is 139 Å². The average Bonchev–Trinajstić information content (AvgIpc) is 2.98. The van der Waals surface area contributed by atoms with E-state index in [0.29, 0.717) is 6.54 Å². The van der Waals surface area contributed by atoms with Crippen LogP contribution < -0.4 is 0 Å². The SMILES string of the molecule is CN(C)[C@@H]1CS(=O)(=O)[C@H]2CN(C(=O)c3ccc(Cl)cc3F)C[C@@H]12. The molecule has 1 aromatic carbocycles. The highest BCUT2D eigenvalue weighted by Gasteiger charge is 2.53. The quantitative estimate of drug-likeness (QED) is 0.797. The van der Waals surface area contributed by atoms with Crippen LogP contribution in [0.5, 0.6) is 0 Å². The van der Waals surface area contributed by atoms with Crippen LogP contribution in [0.4, 0.5) is 4.39 Å². The van der Waals surface area contributed by atoms with Gasteiger partial charge >= 0.3 is 0 Å². The molecule has 0 saturated carbocycles. The number of hydrogen-bond donors (Lipinski definition) is 0. The third kappa shape index (κ3) is 2.86. The highest BCUT2D eigenvalue weighted by Crippen LogP contribution is 2.36. The predicted octanol–water partition coefficient (Wildman–Crippen LogP) is 1.28. The molecule has 2 heterocycles. The van der Waals surface area contributed by atoms with Gasteiger partial charge in [0, 0.05) is 30.1 Å². The number of carbonyl (C=O) groups is 1. The number of amides is 1. The van der Waals surface area contributed by atoms with E-state index in [4.69, 9.17) is 11.6 Å². The second-order valence-corrected chi connectivity index (χ2v) is 9.10. The summed E-state index contributed by atoms with van der Waals surface area (Å²) in [7, 11) is 0.444. The molecule has 0 spiro atoms. The van der Waals surface area contributed by atoms with Crippen molar-refractivity contribution in [2.24, 2.45) is 5.92 Å². The molecule has 23 heavy (non-hydrogen) atoms. The summed E-state index contributed by atoms with van der Waals surface area (Å²) in [4.78, 5) is 15.9. The molecule has 0 N–H and O–H groups in total. The van der Waals surface area contributed by atoms with E-state index in [-0.39, 0.29) is 34.8 Å². The number of halogens is 2. The molecule has 2 fully saturated rings. The Bertz CT molecular complexity index is 753. The number of fused-ring (bicyclic) bond motifs is 1. The summed E-state index contributed by atoms with van der Waals surface area (Å²) in [5, 5.41) is -0.346. The van der Waals surface area contributed by atoms with E-state index in [1.165, 1.54) is 17.0 Å². The molecule has 1 aromatic rings. The van der Waals surface area contributed by atoms with Gasteiger partial charge in [-0.1, -0.05) is 11.6 Å². The lowest BCUT2D eigenvalue weighted by molar-refractivity contribution is 0.0775. The molecule has 2 aliphatic rings. The van der Waals surface area contributed by atoms with E-state index < -0.39 is 26.8 Å². The monoisotopic (exact) mass is 360 g/mol. The van der Waals surface area contributed by atoms with E-state index in [1.54, 1.807) is 0 Å². The molecular weight excluding hydrogens is 343 g/mol. The lowest BCUT2D eigenvalue weighted by Gasteiger charge is -2.25. The van der Waals surface area contributed by atoms with Crippen LogP contribution >= 0.6 is 11.6 Å². The fourth-order valence-corrected chi connectivity index (χ4v) is 6.20. The van der Waals surface area contributed by atoms with Crippen LogP contribution in [0.1, 0.15) is 10.4 Å². The molecule has 126 valence electrons. The zero-order chi connectivity index (χ0) is 16.9. The Morgan fingerprint density at radius 2 is 2.04 bits per heavy atom. The highest BCUT2D eigenvalue weighted by atomic mass is 35.5. The zero-order valence-electron chi connectivity index (χ0n) is 12.9. The van der Waals surface area contributed by atoms with Gasteiger partial charge < -0.3 is 9.80 Å². The van der Waals surface area contributed by atoms with E-state index in [9.17, 15) is 17.6 Å². The van der Waals surface area contributed by atoms with Crippen molar-refractivity contribution in [1.82, 2.24) is 9.80 Å². The third-order valence-corrected chi connectivity index (χ3v) is 7.24. The van der Waals surface area contributed by atoms with Crippen LogP contribution in [0.25, 0.3) is 0 Å². The minimum atomic E-state index is -3.23. The first kappa shape index (κ1) is 16.7. The predicted molar refractivity (Wildman–Crippen MR) is 85.9 cm³/mol. The van der Waals surface area contributed by atoms with Crippen molar-refractivity contribution < 1.29 is 17.6 Å². The van der Waals surface area contributed by atoms with Crippen LogP contribution in [0.2, 0.25) is 5.02 Å². The number of benzene rings is 1. The normalized spacial score (nSPS) is 29.1. The van der Waals surface area contributed by atoms with Gasteiger partial charge in [-0.2, -0.15) is 0 Å². The van der Waals surface area contributed by atoms with Crippen molar-refractivity contribution in [3.8, 4) is 0 Å². The first-order valence-corrected chi connectivity index (χ1v) is 9.42. The first-order valence-electron chi connectivity index (χ1n) is 7.33. The second-order valence-electron chi connectivity index (χ2n) is 6.40. The molecule has 3 atom stereocenters. The Balaban J connectivity index is 1.86. The molecule has 2 saturated heterocycles. The molecule has 2 aliphatic heterocycles. The van der Waals surface area contributed by atoms with Gasteiger partial charge in [0.05, 0.1) is 16.6 Å². The Kier molecular flexibility index (Phi) is 4.14. The van der Waals surface area contributed by atoms with Gasteiger partial charge in [-0.15, -0.1) is 0 Å². The Hall–Kier alpha value is -1.18. The van der Waals surface area contributed by atoms with Gasteiger partial charge in [0.1, 0.15) is 5.82 Å². The Morgan fingerprint density at radius 1 is 1.35 bits per heavy atom. The van der Waals surface area contributed by atoms with Crippen LogP contribution in [-0.4, -0.2) is 68.4 Å². The lowest BCUT2D eigenvalue weighted by Crippen LogP contribution is -2.38. The molecule has 0 bridgehead atoms. The molecular formula is C15H18ClFN2O3S. The van der Waals surface area contributed by atoms with E-state index in [1.807, 2.05) is 19.0 Å². The van der Waals surface area contributed by atoms with Gasteiger partial charge in [-0.05, 0) is 32.3 Å². The zero-order valence-corrected chi connectivity index (χ0v) is 14.4. The van der Waals surface area contributed by atoms with Gasteiger partial charge in [0.25, 0.3) is 5.91 Å². The van der Waals surface area contributed by atoms with Crippen LogP contribution in [0.3, 0.4) is 0 Å². The molecule has 8 heteroatoms. The molecule has 3 rings (SSSR count). The summed E-state index contributed by atoms with van der Waals surface area (Å²) in [6.07, 6.45) is 0. The largest absolute Gasteiger partial charge is 0.337 e. The molecule has 0 radical (unpaired) electrons. The van der Waals surface area contributed by atoms with E-state index >= 15 is 0 Å². The standard InChI is InChI=1S/C15H18ClFN2O3S/c1-18(2)13-8-23(21,22)14-7-19(6-11(13)14)15(20)10-4-3-9(16)5-12(10)17/h3-5,11,13-14H,6-8H2,1-2H3/t11-,13+,14-/m0/s1. The third-order valence-electron chi connectivity index (χ3n) is 4.78. The van der Waals surface area contributed by atoms with E-state index in [2.05, 4.69) is 0 Å². The van der Waals surface area contributed by atoms with Crippen molar-refractivity contribution in [3.63, 3.8) is 0 Å². The number of rotatable bonds is 2. The fraction of sp³-hybridized carbons (Fsp3) is 0.533. The smallest absolute Gasteiger partial charge is 0.256 e. The number of nitrogens with zero attached hydrogens (tertiary/aromatic N) is 2. The van der Waals surface area contributed by atoms with Crippen molar-refractivity contribution in [2.75, 3.05) is 32.9 Å². The van der Waals surface area contributed by atoms with Crippen molar-refractivity contribution >= 4 is 27.3 Å². The van der Waals surface area contributed by atoms with E-state index in [0.717, 1.165) is 6.07 Å². The molecule has 5 nitrogen and oxygen atoms in total. The maximum Gasteiger partial charge on any atom is 0.256 e. The lowest BCUT2D eigenvalue weighted by atomic mass is 10.00. The summed E-state index contributed by atoms with van der Waals surface area (Å²) < 4.78 is 38.6. The first-order chi connectivity index (χ1) is 10.7. The molecule has 0 aromatic heterocycles. The maximum atomic E-state index is 13.9. The summed E-state index contributed by atoms with van der Waals surface area (Å²) in [5.41, 5.74) is -0.0758. The summed E-state index contributed by atoms with van der Waals surface area (Å²) >= 11 is 5.70. The van der Waals surface area contributed by atoms with Gasteiger partial charge in [-0.3, -0.25) is 4.79 Å². The molecule has 0 unspecified atom stereocenters. The second kappa shape index (κ2) is 5.72. The number of likely N-dealkylation sites (tertiary alicyclic amines) is 1. The fourth-order valence-electron chi connectivity index (χ4n) is 3.56. The van der Waals surface area contributed by atoms with Crippen LogP contribution in [0, 0.1) is 11.7 Å². The minimum absolute atomic E-state index is 0.0758. The number of carbonyl (C=O) groups excluding carboxylic acids is 1. The van der Waals surface area contributed by atoms with Crippen molar-refractivity contribution in [2.45, 2.75) is 11.3 Å².